The van der Waals surface area contributed by atoms with Gasteiger partial charge in [0.05, 0.1) is 0 Å². The number of piperidine rings is 1. The van der Waals surface area contributed by atoms with Crippen LogP contribution in [0.1, 0.15) is 12.8 Å². The molecular formula is C14H12BrN3O2. The monoisotopic (exact) mass is 333 g/mol. The summed E-state index contributed by atoms with van der Waals surface area (Å²) in [5.41, 5.74) is 0. The molecule has 1 aromatic carbocycles. The fourth-order valence-electron chi connectivity index (χ4n) is 2.28. The maximum atomic E-state index is 11.8. The van der Waals surface area contributed by atoms with Crippen LogP contribution in [0, 0.1) is 0 Å². The first-order valence-electron chi connectivity index (χ1n) is 6.28. The Balaban J connectivity index is 1.93. The van der Waals surface area contributed by atoms with Crippen molar-refractivity contribution < 1.29 is 9.59 Å². The highest BCUT2D eigenvalue weighted by Gasteiger charge is 2.26. The van der Waals surface area contributed by atoms with Crippen LogP contribution in [-0.4, -0.2) is 22.8 Å². The van der Waals surface area contributed by atoms with Crippen LogP contribution in [0.15, 0.2) is 34.9 Å². The average molecular weight is 334 g/mol. The van der Waals surface area contributed by atoms with Gasteiger partial charge in [0.2, 0.25) is 11.8 Å². The van der Waals surface area contributed by atoms with E-state index >= 15 is 0 Å². The van der Waals surface area contributed by atoms with Gasteiger partial charge in [-0.1, -0.05) is 28.1 Å². The van der Waals surface area contributed by atoms with Gasteiger partial charge in [0.1, 0.15) is 11.9 Å². The number of carbonyl (C=O) groups excluding carboxylic acids is 2. The maximum absolute atomic E-state index is 11.8. The number of carbonyl (C=O) groups is 2. The summed E-state index contributed by atoms with van der Waals surface area (Å²) < 4.78 is 0.976. The Morgan fingerprint density at radius 2 is 2.10 bits per heavy atom. The minimum atomic E-state index is -0.426. The molecule has 5 nitrogen and oxygen atoms in total. The summed E-state index contributed by atoms with van der Waals surface area (Å²) in [6, 6.07) is 7.31. The van der Waals surface area contributed by atoms with Crippen LogP contribution in [0.3, 0.4) is 0 Å². The van der Waals surface area contributed by atoms with Gasteiger partial charge in [-0.15, -0.1) is 0 Å². The first-order chi connectivity index (χ1) is 9.65. The second kappa shape index (κ2) is 5.20. The van der Waals surface area contributed by atoms with Crippen LogP contribution in [0.2, 0.25) is 0 Å². The summed E-state index contributed by atoms with van der Waals surface area (Å²) in [7, 11) is 0. The molecule has 1 atom stereocenters. The van der Waals surface area contributed by atoms with Crippen LogP contribution in [0.5, 0.6) is 0 Å². The number of imide groups is 1. The van der Waals surface area contributed by atoms with Gasteiger partial charge in [0.15, 0.2) is 0 Å². The lowest BCUT2D eigenvalue weighted by atomic mass is 10.1. The minimum absolute atomic E-state index is 0.221. The molecule has 0 saturated carbocycles. The highest BCUT2D eigenvalue weighted by molar-refractivity contribution is 9.10. The number of rotatable bonds is 2. The lowest BCUT2D eigenvalue weighted by molar-refractivity contribution is -0.133. The van der Waals surface area contributed by atoms with Crippen molar-refractivity contribution in [2.24, 2.45) is 0 Å². The lowest BCUT2D eigenvalue weighted by Gasteiger charge is -2.22. The molecule has 1 saturated heterocycles. The Kier molecular flexibility index (Phi) is 3.40. The van der Waals surface area contributed by atoms with Gasteiger partial charge in [0, 0.05) is 27.9 Å². The Morgan fingerprint density at radius 1 is 1.25 bits per heavy atom. The molecule has 1 aliphatic heterocycles. The molecule has 0 aliphatic carbocycles. The average Bonchev–Trinajstić information content (AvgIpc) is 2.43. The molecule has 2 aromatic rings. The van der Waals surface area contributed by atoms with Gasteiger partial charge in [-0.05, 0) is 18.6 Å². The molecule has 20 heavy (non-hydrogen) atoms. The number of benzene rings is 1. The number of halogens is 1. The van der Waals surface area contributed by atoms with E-state index in [1.807, 2.05) is 24.3 Å². The molecule has 0 spiro atoms. The summed E-state index contributed by atoms with van der Waals surface area (Å²) in [4.78, 5) is 27.2. The first-order valence-corrected chi connectivity index (χ1v) is 7.08. The topological polar surface area (TPSA) is 71.1 Å². The van der Waals surface area contributed by atoms with E-state index in [4.69, 9.17) is 0 Å². The van der Waals surface area contributed by atoms with Crippen LogP contribution >= 0.6 is 15.9 Å². The number of pyridine rings is 1. The van der Waals surface area contributed by atoms with Crippen LogP contribution < -0.4 is 10.6 Å². The molecule has 2 heterocycles. The smallest absolute Gasteiger partial charge is 0.249 e. The highest BCUT2D eigenvalue weighted by Crippen LogP contribution is 2.28. The predicted molar refractivity (Wildman–Crippen MR) is 79.2 cm³/mol. The van der Waals surface area contributed by atoms with Crippen molar-refractivity contribution in [1.82, 2.24) is 10.3 Å². The second-order valence-corrected chi connectivity index (χ2v) is 5.50. The fraction of sp³-hybridized carbons (Fsp3) is 0.214. The van der Waals surface area contributed by atoms with Crippen molar-refractivity contribution in [3.63, 3.8) is 0 Å². The van der Waals surface area contributed by atoms with E-state index < -0.39 is 6.04 Å². The van der Waals surface area contributed by atoms with E-state index in [-0.39, 0.29) is 11.8 Å². The number of hydrogen-bond acceptors (Lipinski definition) is 4. The van der Waals surface area contributed by atoms with E-state index in [1.165, 1.54) is 0 Å². The number of fused-ring (bicyclic) bond motifs is 1. The third-order valence-corrected chi connectivity index (χ3v) is 3.99. The Hall–Kier alpha value is -1.95. The lowest BCUT2D eigenvalue weighted by Crippen LogP contribution is -2.47. The molecule has 0 radical (unpaired) electrons. The van der Waals surface area contributed by atoms with Crippen molar-refractivity contribution in [2.75, 3.05) is 5.32 Å². The van der Waals surface area contributed by atoms with E-state index in [0.717, 1.165) is 15.2 Å². The molecule has 3 rings (SSSR count). The quantitative estimate of drug-likeness (QED) is 0.826. The van der Waals surface area contributed by atoms with Gasteiger partial charge < -0.3 is 5.32 Å². The Labute approximate surface area is 123 Å². The summed E-state index contributed by atoms with van der Waals surface area (Å²) in [5, 5.41) is 7.42. The van der Waals surface area contributed by atoms with E-state index in [2.05, 4.69) is 31.5 Å². The molecule has 2 amide bonds. The van der Waals surface area contributed by atoms with Gasteiger partial charge in [-0.3, -0.25) is 14.9 Å². The largest absolute Gasteiger partial charge is 0.358 e. The summed E-state index contributed by atoms with van der Waals surface area (Å²) in [6.07, 6.45) is 2.52. The zero-order valence-corrected chi connectivity index (χ0v) is 12.1. The second-order valence-electron chi connectivity index (χ2n) is 4.64. The van der Waals surface area contributed by atoms with Crippen molar-refractivity contribution in [2.45, 2.75) is 18.9 Å². The summed E-state index contributed by atoms with van der Waals surface area (Å²) in [5.74, 6) is 0.134. The van der Waals surface area contributed by atoms with Crippen molar-refractivity contribution in [3.05, 3.63) is 34.9 Å². The van der Waals surface area contributed by atoms with Crippen LogP contribution in [0.25, 0.3) is 10.8 Å². The molecule has 1 aliphatic rings. The molecule has 2 N–H and O–H groups in total. The van der Waals surface area contributed by atoms with E-state index in [0.29, 0.717) is 18.7 Å². The van der Waals surface area contributed by atoms with E-state index in [1.54, 1.807) is 6.20 Å². The van der Waals surface area contributed by atoms with E-state index in [9.17, 15) is 9.59 Å². The highest BCUT2D eigenvalue weighted by atomic mass is 79.9. The number of anilines is 1. The predicted octanol–water partition coefficient (Wildman–Crippen LogP) is 2.21. The van der Waals surface area contributed by atoms with Gasteiger partial charge in [0.25, 0.3) is 0 Å². The number of nitrogens with zero attached hydrogens (tertiary/aromatic N) is 1. The molecule has 1 fully saturated rings. The zero-order valence-electron chi connectivity index (χ0n) is 10.5. The number of aromatic nitrogens is 1. The van der Waals surface area contributed by atoms with Gasteiger partial charge >= 0.3 is 0 Å². The summed E-state index contributed by atoms with van der Waals surface area (Å²) >= 11 is 3.50. The Bertz CT molecular complexity index is 702. The molecule has 6 heteroatoms. The van der Waals surface area contributed by atoms with Gasteiger partial charge in [-0.2, -0.15) is 0 Å². The number of nitrogens with one attached hydrogen (secondary N) is 2. The molecule has 102 valence electrons. The standard InChI is InChI=1S/C14H12BrN3O2/c15-10-3-1-2-9-8(10)6-7-16-13(9)17-11-4-5-12(19)18-14(11)20/h1-3,6-7,11H,4-5H2,(H,16,17)(H,18,19,20). The van der Waals surface area contributed by atoms with Crippen molar-refractivity contribution >= 4 is 44.3 Å². The third kappa shape index (κ3) is 2.38. The molecule has 0 bridgehead atoms. The zero-order chi connectivity index (χ0) is 14.1. The fourth-order valence-corrected chi connectivity index (χ4v) is 2.78. The van der Waals surface area contributed by atoms with Crippen molar-refractivity contribution in [1.29, 1.82) is 0 Å². The molecular weight excluding hydrogens is 322 g/mol. The maximum Gasteiger partial charge on any atom is 0.249 e. The van der Waals surface area contributed by atoms with Gasteiger partial charge in [-0.25, -0.2) is 4.98 Å². The first kappa shape index (κ1) is 13.1. The SMILES string of the molecule is O=C1CCC(Nc2nccc3c(Br)cccc23)C(=O)N1. The Morgan fingerprint density at radius 3 is 2.90 bits per heavy atom. The minimum Gasteiger partial charge on any atom is -0.358 e. The van der Waals surface area contributed by atoms with Crippen LogP contribution in [-0.2, 0) is 9.59 Å². The molecule has 1 unspecified atom stereocenters. The normalized spacial score (nSPS) is 18.9. The number of amides is 2. The third-order valence-electron chi connectivity index (χ3n) is 3.30. The van der Waals surface area contributed by atoms with Crippen molar-refractivity contribution in [3.8, 4) is 0 Å². The summed E-state index contributed by atoms with van der Waals surface area (Å²) in [6.45, 7) is 0. The van der Waals surface area contributed by atoms with Crippen LogP contribution in [0.4, 0.5) is 5.82 Å². The number of hydrogen-bond donors (Lipinski definition) is 2. The molecule has 1 aromatic heterocycles.